The van der Waals surface area contributed by atoms with Crippen LogP contribution in [0.1, 0.15) is 0 Å². The first-order valence-electron chi connectivity index (χ1n) is 3.01. The van der Waals surface area contributed by atoms with Crippen molar-refractivity contribution in [3.63, 3.8) is 0 Å². The van der Waals surface area contributed by atoms with Crippen LogP contribution in [0.2, 0.25) is 0 Å². The Kier molecular flexibility index (Phi) is 5.71. The zero-order chi connectivity index (χ0) is 8.69. The summed E-state index contributed by atoms with van der Waals surface area (Å²) < 4.78 is 21.8. The molecule has 0 aromatic carbocycles. The minimum absolute atomic E-state index is 0.224. The Morgan fingerprint density at radius 1 is 1.45 bits per heavy atom. The van der Waals surface area contributed by atoms with Gasteiger partial charge in [0.1, 0.15) is 0 Å². The summed E-state index contributed by atoms with van der Waals surface area (Å²) in [5, 5.41) is 2.39. The zero-order valence-electron chi connectivity index (χ0n) is 5.87. The van der Waals surface area contributed by atoms with E-state index in [-0.39, 0.29) is 12.5 Å². The van der Waals surface area contributed by atoms with Crippen LogP contribution < -0.4 is 15.8 Å². The highest BCUT2D eigenvalue weighted by molar-refractivity contribution is 7.70. The van der Waals surface area contributed by atoms with Crippen LogP contribution in [0, 0.1) is 0 Å². The van der Waals surface area contributed by atoms with Gasteiger partial charge in [0, 0.05) is 13.1 Å². The van der Waals surface area contributed by atoms with E-state index in [9.17, 15) is 13.2 Å². The molecule has 4 N–H and O–H groups in total. The van der Waals surface area contributed by atoms with Gasteiger partial charge in [0.2, 0.25) is 16.8 Å². The molecule has 0 aromatic rings. The highest BCUT2D eigenvalue weighted by Crippen LogP contribution is 1.62. The van der Waals surface area contributed by atoms with Crippen LogP contribution in [0.5, 0.6) is 0 Å². The molecule has 6 nitrogen and oxygen atoms in total. The lowest BCUT2D eigenvalue weighted by molar-refractivity contribution is -0.119. The summed E-state index contributed by atoms with van der Waals surface area (Å²) in [7, 11) is -2.69. The standard InChI is InChI=1S/C4H11N3O3S/c5-1-2-6-4(8)3-7-11(9)10/h11H,1-3,5H2,(H,6,8)(H,7,9,10). The lowest BCUT2D eigenvalue weighted by Crippen LogP contribution is -2.35. The first-order chi connectivity index (χ1) is 5.16. The predicted octanol–water partition coefficient (Wildman–Crippen LogP) is -2.82. The monoisotopic (exact) mass is 181 g/mol. The molecule has 7 heteroatoms. The van der Waals surface area contributed by atoms with E-state index in [2.05, 4.69) is 5.32 Å². The number of carbonyl (C=O) groups excluding carboxylic acids is 1. The number of nitrogens with two attached hydrogens (primary N) is 1. The van der Waals surface area contributed by atoms with E-state index in [1.165, 1.54) is 0 Å². The van der Waals surface area contributed by atoms with Crippen LogP contribution in [-0.4, -0.2) is 34.0 Å². The van der Waals surface area contributed by atoms with Crippen molar-refractivity contribution in [2.24, 2.45) is 5.73 Å². The van der Waals surface area contributed by atoms with E-state index in [0.29, 0.717) is 13.1 Å². The molecule has 0 fully saturated rings. The molecule has 1 amide bonds. The Bertz CT molecular complexity index is 183. The molecule has 0 aliphatic carbocycles. The van der Waals surface area contributed by atoms with Gasteiger partial charge in [-0.3, -0.25) is 4.79 Å². The van der Waals surface area contributed by atoms with Crippen LogP contribution in [0.4, 0.5) is 0 Å². The fourth-order valence-corrected chi connectivity index (χ4v) is 0.683. The van der Waals surface area contributed by atoms with E-state index in [4.69, 9.17) is 5.73 Å². The number of thiol groups is 1. The van der Waals surface area contributed by atoms with Crippen molar-refractivity contribution >= 4 is 16.8 Å². The van der Waals surface area contributed by atoms with Crippen molar-refractivity contribution in [2.75, 3.05) is 19.6 Å². The average molecular weight is 181 g/mol. The second kappa shape index (κ2) is 6.08. The zero-order valence-corrected chi connectivity index (χ0v) is 6.77. The molecular weight excluding hydrogens is 170 g/mol. The Morgan fingerprint density at radius 3 is 2.55 bits per heavy atom. The Balaban J connectivity index is 3.37. The lowest BCUT2D eigenvalue weighted by atomic mass is 10.5. The van der Waals surface area contributed by atoms with Crippen molar-refractivity contribution < 1.29 is 13.2 Å². The van der Waals surface area contributed by atoms with Crippen molar-refractivity contribution in [2.45, 2.75) is 0 Å². The SMILES string of the molecule is NCCNC(=O)CN[SH](=O)=O. The molecule has 0 unspecified atom stereocenters. The number of amides is 1. The minimum atomic E-state index is -2.69. The molecule has 0 spiro atoms. The molecule has 0 aliphatic rings. The highest BCUT2D eigenvalue weighted by Gasteiger charge is 1.97. The van der Waals surface area contributed by atoms with E-state index in [0.717, 1.165) is 0 Å². The normalized spacial score (nSPS) is 10.0. The topological polar surface area (TPSA) is 101 Å². The summed E-state index contributed by atoms with van der Waals surface area (Å²) >= 11 is 0. The van der Waals surface area contributed by atoms with Gasteiger partial charge >= 0.3 is 0 Å². The van der Waals surface area contributed by atoms with Crippen molar-refractivity contribution in [3.05, 3.63) is 0 Å². The summed E-state index contributed by atoms with van der Waals surface area (Å²) in [6.07, 6.45) is 0. The summed E-state index contributed by atoms with van der Waals surface area (Å²) in [4.78, 5) is 10.6. The maximum absolute atomic E-state index is 10.6. The average Bonchev–Trinajstić information content (AvgIpc) is 1.97. The summed E-state index contributed by atoms with van der Waals surface area (Å²) in [5.74, 6) is -0.380. The Morgan fingerprint density at radius 2 is 2.09 bits per heavy atom. The van der Waals surface area contributed by atoms with Crippen LogP contribution in [0.15, 0.2) is 0 Å². The van der Waals surface area contributed by atoms with Gasteiger partial charge in [-0.2, -0.15) is 0 Å². The van der Waals surface area contributed by atoms with Gasteiger partial charge in [0.05, 0.1) is 6.54 Å². The highest BCUT2D eigenvalue weighted by atomic mass is 32.2. The third-order valence-corrected chi connectivity index (χ3v) is 1.25. The van der Waals surface area contributed by atoms with Crippen molar-refractivity contribution in [1.82, 2.24) is 10.0 Å². The molecule has 0 radical (unpaired) electrons. The van der Waals surface area contributed by atoms with E-state index in [1.54, 1.807) is 0 Å². The van der Waals surface area contributed by atoms with E-state index < -0.39 is 10.9 Å². The third kappa shape index (κ3) is 7.23. The van der Waals surface area contributed by atoms with Crippen molar-refractivity contribution in [3.8, 4) is 0 Å². The van der Waals surface area contributed by atoms with Crippen LogP contribution in [0.25, 0.3) is 0 Å². The molecule has 11 heavy (non-hydrogen) atoms. The fraction of sp³-hybridized carbons (Fsp3) is 0.750. The van der Waals surface area contributed by atoms with Crippen molar-refractivity contribution in [1.29, 1.82) is 0 Å². The molecule has 0 atom stereocenters. The first kappa shape index (κ1) is 10.3. The van der Waals surface area contributed by atoms with Gasteiger partial charge in [-0.25, -0.2) is 13.1 Å². The second-order valence-corrected chi connectivity index (χ2v) is 2.56. The molecule has 0 heterocycles. The molecule has 0 aliphatic heterocycles. The van der Waals surface area contributed by atoms with Gasteiger partial charge in [-0.15, -0.1) is 0 Å². The fourth-order valence-electron chi connectivity index (χ4n) is 0.410. The van der Waals surface area contributed by atoms with E-state index in [1.807, 2.05) is 4.72 Å². The molecule has 66 valence electrons. The number of rotatable bonds is 5. The molecule has 0 saturated heterocycles. The van der Waals surface area contributed by atoms with E-state index >= 15 is 0 Å². The first-order valence-corrected chi connectivity index (χ1v) is 4.19. The second-order valence-electron chi connectivity index (χ2n) is 1.73. The molecule has 0 bridgehead atoms. The van der Waals surface area contributed by atoms with Gasteiger partial charge < -0.3 is 11.1 Å². The largest absolute Gasteiger partial charge is 0.354 e. The van der Waals surface area contributed by atoms with Gasteiger partial charge in [0.15, 0.2) is 0 Å². The van der Waals surface area contributed by atoms with Gasteiger partial charge in [-0.05, 0) is 0 Å². The maximum atomic E-state index is 10.6. The van der Waals surface area contributed by atoms with Gasteiger partial charge in [0.25, 0.3) is 0 Å². The molecule has 0 aromatic heterocycles. The smallest absolute Gasteiger partial charge is 0.235 e. The third-order valence-electron chi connectivity index (χ3n) is 0.835. The number of hydrogen-bond acceptors (Lipinski definition) is 4. The molecule has 0 rings (SSSR count). The van der Waals surface area contributed by atoms with Crippen LogP contribution in [0.3, 0.4) is 0 Å². The summed E-state index contributed by atoms with van der Waals surface area (Å²) in [6.45, 7) is 0.476. The maximum Gasteiger partial charge on any atom is 0.235 e. The Hall–Kier alpha value is -0.660. The minimum Gasteiger partial charge on any atom is -0.354 e. The molecular formula is C4H11N3O3S. The number of hydrogen-bond donors (Lipinski definition) is 4. The lowest BCUT2D eigenvalue weighted by Gasteiger charge is -2.00. The predicted molar refractivity (Wildman–Crippen MR) is 40.4 cm³/mol. The van der Waals surface area contributed by atoms with Gasteiger partial charge in [-0.1, -0.05) is 0 Å². The molecule has 0 saturated carbocycles. The van der Waals surface area contributed by atoms with Crippen LogP contribution >= 0.6 is 0 Å². The quantitative estimate of drug-likeness (QED) is 0.343. The number of carbonyl (C=O) groups is 1. The summed E-state index contributed by atoms with van der Waals surface area (Å²) in [5.41, 5.74) is 5.08. The summed E-state index contributed by atoms with van der Waals surface area (Å²) in [6, 6.07) is 0. The van der Waals surface area contributed by atoms with Crippen LogP contribution in [-0.2, 0) is 15.7 Å². The Labute approximate surface area is 66.2 Å². The number of nitrogens with one attached hydrogen (secondary N) is 2.